The summed E-state index contributed by atoms with van der Waals surface area (Å²) >= 11 is 1.74. The molecule has 0 amide bonds. The van der Waals surface area contributed by atoms with Crippen molar-refractivity contribution in [2.24, 2.45) is 0 Å². The van der Waals surface area contributed by atoms with Crippen LogP contribution in [0.3, 0.4) is 0 Å². The molecule has 0 N–H and O–H groups in total. The fraction of sp³-hybridized carbons (Fsp3) is 0.444. The largest absolute Gasteiger partial charge is 1.00 e. The first-order chi connectivity index (χ1) is 9.94. The summed E-state index contributed by atoms with van der Waals surface area (Å²) in [6, 6.07) is 17.4. The topological polar surface area (TPSA) is 0 Å². The van der Waals surface area contributed by atoms with E-state index < -0.39 is 16.1 Å². The number of rotatable bonds is 2. The molecule has 2 aromatic carbocycles. The Morgan fingerprint density at radius 3 is 1.08 bits per heavy atom. The van der Waals surface area contributed by atoms with Gasteiger partial charge in [-0.2, -0.15) is 36.4 Å². The van der Waals surface area contributed by atoms with Crippen molar-refractivity contribution in [3.63, 3.8) is 0 Å². The van der Waals surface area contributed by atoms with Gasteiger partial charge in [-0.25, -0.2) is 22.5 Å². The molecule has 0 fully saturated rings. The molecular weight excluding hydrogens is 463 g/mol. The molecule has 0 heterocycles. The van der Waals surface area contributed by atoms with Gasteiger partial charge in [0.25, 0.3) is 0 Å². The van der Waals surface area contributed by atoms with E-state index in [-0.39, 0.29) is 30.2 Å². The van der Waals surface area contributed by atoms with Crippen LogP contribution in [-0.4, -0.2) is 21.6 Å². The fourth-order valence-corrected chi connectivity index (χ4v) is 4.13. The van der Waals surface area contributed by atoms with Crippen molar-refractivity contribution in [3.8, 4) is 0 Å². The monoisotopic (exact) mass is 492 g/mol. The van der Waals surface area contributed by atoms with Gasteiger partial charge in [0.1, 0.15) is 0 Å². The van der Waals surface area contributed by atoms with Gasteiger partial charge in [0, 0.05) is 16.1 Å². The Labute approximate surface area is 179 Å². The van der Waals surface area contributed by atoms with E-state index in [1.165, 1.54) is 0 Å². The molecule has 0 nitrogen and oxygen atoms in total. The maximum atomic E-state index is 2.36. The molecular formula is C18H32Cl2Si3Zr-2. The molecule has 0 aliphatic carbocycles. The molecule has 136 valence electrons. The minimum Gasteiger partial charge on any atom is -1.00 e. The first-order valence-electron chi connectivity index (χ1n) is 7.90. The summed E-state index contributed by atoms with van der Waals surface area (Å²) in [5.41, 5.74) is 0.210. The Balaban J connectivity index is -0.000000283. The molecule has 0 spiro atoms. The van der Waals surface area contributed by atoms with Crippen LogP contribution in [0.4, 0.5) is 0 Å². The van der Waals surface area contributed by atoms with E-state index in [2.05, 4.69) is 101 Å². The second-order valence-electron chi connectivity index (χ2n) is 7.85. The molecule has 0 atom stereocenters. The zero-order valence-corrected chi connectivity index (χ0v) is 23.3. The van der Waals surface area contributed by atoms with E-state index in [0.29, 0.717) is 0 Å². The molecule has 2 rings (SSSR count). The average Bonchev–Trinajstić information content (AvgIpc) is 3.02. The molecule has 0 radical (unpaired) electrons. The Kier molecular flexibility index (Phi) is 17.2. The maximum absolute atomic E-state index is 2.36. The standard InChI is InChI=1S/2C8H13Si.C2H6Si.2ClH.Zr/c2*1-9(2,3)8-6-4-5-7-8;1-3-2;;;/h2*4-7H,1-3H3;1-2H3;2*1H;/q2*-1;;;;+2/p-2. The number of halogens is 2. The molecule has 0 saturated carbocycles. The first-order valence-corrected chi connectivity index (χ1v) is 21.1. The Hall–Kier alpha value is 0.814. The fourth-order valence-electron chi connectivity index (χ4n) is 1.75. The molecule has 0 aromatic heterocycles. The van der Waals surface area contributed by atoms with Crippen LogP contribution < -0.4 is 35.2 Å². The Morgan fingerprint density at radius 1 is 0.750 bits per heavy atom. The van der Waals surface area contributed by atoms with E-state index in [9.17, 15) is 0 Å². The van der Waals surface area contributed by atoms with E-state index in [4.69, 9.17) is 0 Å². The summed E-state index contributed by atoms with van der Waals surface area (Å²) in [4.78, 5) is 0. The minimum atomic E-state index is -0.981. The maximum Gasteiger partial charge on any atom is -1.00 e. The normalized spacial score (nSPS) is 10.1. The number of hydrogen-bond donors (Lipinski definition) is 0. The summed E-state index contributed by atoms with van der Waals surface area (Å²) in [5.74, 6) is 0. The van der Waals surface area contributed by atoms with Gasteiger partial charge >= 0.3 is 41.9 Å². The SMILES string of the molecule is C[Si](C)(C)c1cc[cH-]c1.C[Si](C)(C)c1cc[cH-]c1.C[Si](C)=[Zr+2].[Cl-].[Cl-]. The van der Waals surface area contributed by atoms with Gasteiger partial charge in [-0.1, -0.05) is 39.3 Å². The van der Waals surface area contributed by atoms with E-state index in [0.717, 1.165) is 0 Å². The van der Waals surface area contributed by atoms with E-state index in [1.54, 1.807) is 33.7 Å². The first kappa shape index (κ1) is 29.6. The van der Waals surface area contributed by atoms with Crippen molar-refractivity contribution in [1.29, 1.82) is 0 Å². The summed E-state index contributed by atoms with van der Waals surface area (Å²) in [6.07, 6.45) is 0. The third-order valence-electron chi connectivity index (χ3n) is 3.06. The minimum absolute atomic E-state index is 0. The van der Waals surface area contributed by atoms with Crippen LogP contribution >= 0.6 is 0 Å². The van der Waals surface area contributed by atoms with Gasteiger partial charge in [-0.3, -0.25) is 0 Å². The molecule has 6 heteroatoms. The van der Waals surface area contributed by atoms with Crippen LogP contribution in [0.15, 0.2) is 48.5 Å². The van der Waals surface area contributed by atoms with Crippen molar-refractivity contribution in [1.82, 2.24) is 0 Å². The van der Waals surface area contributed by atoms with Gasteiger partial charge in [-0.15, -0.1) is 0 Å². The molecule has 0 aliphatic heterocycles. The summed E-state index contributed by atoms with van der Waals surface area (Å²) in [7, 11) is -1.96. The number of hydrogen-bond acceptors (Lipinski definition) is 0. The zero-order valence-electron chi connectivity index (χ0n) is 16.4. The van der Waals surface area contributed by atoms with Crippen LogP contribution in [-0.2, 0) is 23.3 Å². The third-order valence-corrected chi connectivity index (χ3v) is 7.19. The second kappa shape index (κ2) is 13.9. The molecule has 2 aromatic rings. The van der Waals surface area contributed by atoms with Crippen LogP contribution in [0.2, 0.25) is 52.4 Å². The molecule has 0 saturated heterocycles. The zero-order chi connectivity index (χ0) is 17.4. The smallest absolute Gasteiger partial charge is 1.00 e. The predicted octanol–water partition coefficient (Wildman–Crippen LogP) is -1.31. The summed E-state index contributed by atoms with van der Waals surface area (Å²) in [5, 5.41) is 3.12. The molecule has 24 heavy (non-hydrogen) atoms. The van der Waals surface area contributed by atoms with Crippen LogP contribution in [0.25, 0.3) is 0 Å². The summed E-state index contributed by atoms with van der Waals surface area (Å²) in [6.45, 7) is 18.8. The van der Waals surface area contributed by atoms with Crippen LogP contribution in [0.1, 0.15) is 0 Å². The van der Waals surface area contributed by atoms with Gasteiger partial charge in [0.2, 0.25) is 0 Å². The predicted molar refractivity (Wildman–Crippen MR) is 108 cm³/mol. The van der Waals surface area contributed by atoms with Gasteiger partial charge < -0.3 is 24.8 Å². The summed E-state index contributed by atoms with van der Waals surface area (Å²) < 4.78 is 0. The van der Waals surface area contributed by atoms with E-state index in [1.807, 2.05) is 0 Å². The average molecular weight is 495 g/mol. The quantitative estimate of drug-likeness (QED) is 0.360. The molecule has 0 bridgehead atoms. The molecule has 0 aliphatic rings. The molecule has 0 unspecified atom stereocenters. The third kappa shape index (κ3) is 15.1. The van der Waals surface area contributed by atoms with Gasteiger partial charge in [0.15, 0.2) is 0 Å². The Morgan fingerprint density at radius 2 is 1.00 bits per heavy atom. The van der Waals surface area contributed by atoms with Crippen molar-refractivity contribution >= 4 is 32.0 Å². The van der Waals surface area contributed by atoms with Crippen molar-refractivity contribution in [2.45, 2.75) is 52.4 Å². The van der Waals surface area contributed by atoms with Crippen LogP contribution in [0.5, 0.6) is 0 Å². The second-order valence-corrected chi connectivity index (χ2v) is 27.4. The van der Waals surface area contributed by atoms with Crippen molar-refractivity contribution in [3.05, 3.63) is 48.5 Å². The van der Waals surface area contributed by atoms with Crippen molar-refractivity contribution in [2.75, 3.05) is 0 Å². The van der Waals surface area contributed by atoms with Gasteiger partial charge in [-0.05, 0) is 0 Å². The van der Waals surface area contributed by atoms with E-state index >= 15 is 0 Å². The van der Waals surface area contributed by atoms with Gasteiger partial charge in [0.05, 0.1) is 0 Å². The van der Waals surface area contributed by atoms with Crippen LogP contribution in [0, 0.1) is 0 Å². The van der Waals surface area contributed by atoms with Crippen molar-refractivity contribution < 1.29 is 48.1 Å². The Bertz CT molecular complexity index is 473.